The van der Waals surface area contributed by atoms with Gasteiger partial charge in [-0.25, -0.2) is 4.98 Å². The number of hydrogen-bond donors (Lipinski definition) is 1. The van der Waals surface area contributed by atoms with Crippen LogP contribution in [0.2, 0.25) is 0 Å². The third kappa shape index (κ3) is 3.60. The lowest BCUT2D eigenvalue weighted by Gasteiger charge is -2.12. The topological polar surface area (TPSA) is 56.2 Å². The molecule has 1 amide bonds. The van der Waals surface area contributed by atoms with Crippen LogP contribution in [0.5, 0.6) is 5.75 Å². The normalized spacial score (nSPS) is 10.9. The van der Waals surface area contributed by atoms with Gasteiger partial charge >= 0.3 is 0 Å². The first-order valence-electron chi connectivity index (χ1n) is 9.18. The number of hydrogen-bond acceptors (Lipinski definition) is 3. The molecule has 0 aliphatic heterocycles. The van der Waals surface area contributed by atoms with Crippen LogP contribution in [0.3, 0.4) is 0 Å². The highest BCUT2D eigenvalue weighted by molar-refractivity contribution is 5.88. The number of aromatic nitrogens is 2. The fourth-order valence-electron chi connectivity index (χ4n) is 3.26. The highest BCUT2D eigenvalue weighted by Gasteiger charge is 2.14. The van der Waals surface area contributed by atoms with Gasteiger partial charge in [0.25, 0.3) is 0 Å². The van der Waals surface area contributed by atoms with Crippen LogP contribution in [0.25, 0.3) is 21.8 Å². The molecular formula is C23H21N3O2. The molecule has 0 radical (unpaired) electrons. The zero-order chi connectivity index (χ0) is 19.3. The lowest BCUT2D eigenvalue weighted by atomic mass is 10.1. The number of carbonyl (C=O) groups excluding carboxylic acids is 1. The smallest absolute Gasteiger partial charge is 0.240 e. The summed E-state index contributed by atoms with van der Waals surface area (Å²) in [5.41, 5.74) is 1.75. The Balaban J connectivity index is 1.63. The van der Waals surface area contributed by atoms with E-state index in [1.165, 1.54) is 0 Å². The Morgan fingerprint density at radius 1 is 1.07 bits per heavy atom. The van der Waals surface area contributed by atoms with E-state index in [2.05, 4.69) is 29.0 Å². The van der Waals surface area contributed by atoms with Crippen molar-refractivity contribution in [3.8, 4) is 5.75 Å². The number of para-hydroxylation sites is 2. The predicted molar refractivity (Wildman–Crippen MR) is 111 cm³/mol. The molecule has 4 aromatic rings. The van der Waals surface area contributed by atoms with Gasteiger partial charge in [0, 0.05) is 11.9 Å². The van der Waals surface area contributed by atoms with E-state index in [-0.39, 0.29) is 19.1 Å². The van der Waals surface area contributed by atoms with Gasteiger partial charge in [-0.2, -0.15) is 0 Å². The average molecular weight is 371 g/mol. The monoisotopic (exact) mass is 371 g/mol. The second kappa shape index (κ2) is 7.96. The molecule has 0 bridgehead atoms. The maximum Gasteiger partial charge on any atom is 0.240 e. The summed E-state index contributed by atoms with van der Waals surface area (Å²) in [6.45, 7) is 4.53. The molecule has 0 saturated heterocycles. The number of fused-ring (bicyclic) bond motifs is 2. The zero-order valence-electron chi connectivity index (χ0n) is 15.5. The number of ether oxygens (including phenoxy) is 1. The third-order valence-electron chi connectivity index (χ3n) is 4.59. The molecule has 5 nitrogen and oxygen atoms in total. The van der Waals surface area contributed by atoms with Crippen LogP contribution in [0.15, 0.2) is 79.4 Å². The molecule has 0 fully saturated rings. The number of nitrogens with one attached hydrogen (secondary N) is 1. The van der Waals surface area contributed by atoms with Gasteiger partial charge in [-0.15, -0.1) is 6.58 Å². The van der Waals surface area contributed by atoms with Gasteiger partial charge in [0.1, 0.15) is 24.7 Å². The van der Waals surface area contributed by atoms with Crippen molar-refractivity contribution in [1.29, 1.82) is 0 Å². The number of amides is 1. The molecule has 140 valence electrons. The molecule has 1 aromatic heterocycles. The second-order valence-electron chi connectivity index (χ2n) is 6.46. The zero-order valence-corrected chi connectivity index (χ0v) is 15.5. The van der Waals surface area contributed by atoms with Gasteiger partial charge in [-0.1, -0.05) is 54.6 Å². The minimum atomic E-state index is -0.0885. The molecule has 5 heteroatoms. The van der Waals surface area contributed by atoms with Gasteiger partial charge < -0.3 is 14.6 Å². The molecule has 28 heavy (non-hydrogen) atoms. The first-order valence-corrected chi connectivity index (χ1v) is 9.18. The van der Waals surface area contributed by atoms with E-state index in [0.717, 1.165) is 27.6 Å². The van der Waals surface area contributed by atoms with E-state index >= 15 is 0 Å². The van der Waals surface area contributed by atoms with Crippen molar-refractivity contribution in [2.24, 2.45) is 0 Å². The van der Waals surface area contributed by atoms with Crippen LogP contribution >= 0.6 is 0 Å². The van der Waals surface area contributed by atoms with E-state index in [9.17, 15) is 4.79 Å². The standard InChI is InChI=1S/C23H21N3O2/c1-2-14-24-23(27)15-26-20-12-6-5-11-19(20)25-22(26)16-28-21-13-7-9-17-8-3-4-10-18(17)21/h2-13H,1,14-16H2,(H,24,27). The predicted octanol–water partition coefficient (Wildman–Crippen LogP) is 4.07. The highest BCUT2D eigenvalue weighted by Crippen LogP contribution is 2.26. The van der Waals surface area contributed by atoms with Gasteiger partial charge in [0.2, 0.25) is 5.91 Å². The Morgan fingerprint density at radius 3 is 2.75 bits per heavy atom. The van der Waals surface area contributed by atoms with Crippen molar-refractivity contribution in [1.82, 2.24) is 14.9 Å². The number of carbonyl (C=O) groups is 1. The summed E-state index contributed by atoms with van der Waals surface area (Å²) >= 11 is 0. The summed E-state index contributed by atoms with van der Waals surface area (Å²) in [6, 6.07) is 21.9. The summed E-state index contributed by atoms with van der Waals surface area (Å²) in [5.74, 6) is 1.42. The number of imidazole rings is 1. The summed E-state index contributed by atoms with van der Waals surface area (Å²) in [5, 5.41) is 4.99. The molecule has 0 unspecified atom stereocenters. The first kappa shape index (κ1) is 17.8. The van der Waals surface area contributed by atoms with Crippen LogP contribution in [0.1, 0.15) is 5.82 Å². The fourth-order valence-corrected chi connectivity index (χ4v) is 3.26. The SMILES string of the molecule is C=CCNC(=O)Cn1c(COc2cccc3ccccc23)nc2ccccc21. The average Bonchev–Trinajstić information content (AvgIpc) is 3.08. The summed E-state index contributed by atoms with van der Waals surface area (Å²) in [6.07, 6.45) is 1.66. The first-order chi connectivity index (χ1) is 13.8. The van der Waals surface area contributed by atoms with Gasteiger partial charge in [-0.3, -0.25) is 4.79 Å². The van der Waals surface area contributed by atoms with Crippen molar-refractivity contribution in [3.63, 3.8) is 0 Å². The molecule has 4 rings (SSSR count). The third-order valence-corrected chi connectivity index (χ3v) is 4.59. The van der Waals surface area contributed by atoms with E-state index in [4.69, 9.17) is 4.74 Å². The Labute approximate surface area is 163 Å². The lowest BCUT2D eigenvalue weighted by Crippen LogP contribution is -2.28. The molecule has 0 saturated carbocycles. The van der Waals surface area contributed by atoms with Crippen LogP contribution < -0.4 is 10.1 Å². The van der Waals surface area contributed by atoms with E-state index < -0.39 is 0 Å². The summed E-state index contributed by atoms with van der Waals surface area (Å²) in [7, 11) is 0. The van der Waals surface area contributed by atoms with E-state index in [0.29, 0.717) is 12.4 Å². The largest absolute Gasteiger partial charge is 0.485 e. The maximum atomic E-state index is 12.3. The molecule has 0 aliphatic rings. The van der Waals surface area contributed by atoms with Crippen molar-refractivity contribution in [2.75, 3.05) is 6.54 Å². The number of benzene rings is 3. The Kier molecular flexibility index (Phi) is 5.06. The molecule has 1 N–H and O–H groups in total. The minimum absolute atomic E-state index is 0.0885. The molecule has 0 aliphatic carbocycles. The molecule has 0 atom stereocenters. The van der Waals surface area contributed by atoms with Crippen molar-refractivity contribution >= 4 is 27.7 Å². The summed E-state index contributed by atoms with van der Waals surface area (Å²) in [4.78, 5) is 16.9. The minimum Gasteiger partial charge on any atom is -0.485 e. The van der Waals surface area contributed by atoms with Crippen molar-refractivity contribution in [2.45, 2.75) is 13.2 Å². The molecule has 0 spiro atoms. The van der Waals surface area contributed by atoms with Gasteiger partial charge in [0.15, 0.2) is 0 Å². The maximum absolute atomic E-state index is 12.3. The second-order valence-corrected chi connectivity index (χ2v) is 6.46. The Morgan fingerprint density at radius 2 is 1.86 bits per heavy atom. The Hall–Kier alpha value is -3.60. The van der Waals surface area contributed by atoms with Crippen LogP contribution in [-0.2, 0) is 17.9 Å². The fraction of sp³-hybridized carbons (Fsp3) is 0.130. The van der Waals surface area contributed by atoms with E-state index in [1.807, 2.05) is 59.2 Å². The highest BCUT2D eigenvalue weighted by atomic mass is 16.5. The quantitative estimate of drug-likeness (QED) is 0.498. The molecule has 3 aromatic carbocycles. The lowest BCUT2D eigenvalue weighted by molar-refractivity contribution is -0.121. The van der Waals surface area contributed by atoms with Gasteiger partial charge in [-0.05, 0) is 23.6 Å². The van der Waals surface area contributed by atoms with Gasteiger partial charge in [0.05, 0.1) is 11.0 Å². The molecule has 1 heterocycles. The van der Waals surface area contributed by atoms with Crippen molar-refractivity contribution < 1.29 is 9.53 Å². The number of rotatable bonds is 7. The van der Waals surface area contributed by atoms with Crippen LogP contribution in [0, 0.1) is 0 Å². The number of nitrogens with zero attached hydrogens (tertiary/aromatic N) is 2. The van der Waals surface area contributed by atoms with E-state index in [1.54, 1.807) is 6.08 Å². The van der Waals surface area contributed by atoms with Crippen LogP contribution in [0.4, 0.5) is 0 Å². The molecular weight excluding hydrogens is 350 g/mol. The summed E-state index contributed by atoms with van der Waals surface area (Å²) < 4.78 is 8.01. The Bertz CT molecular complexity index is 1140. The van der Waals surface area contributed by atoms with Crippen LogP contribution in [-0.4, -0.2) is 22.0 Å². The van der Waals surface area contributed by atoms with Crippen molar-refractivity contribution in [3.05, 3.63) is 85.2 Å².